The van der Waals surface area contributed by atoms with E-state index in [0.29, 0.717) is 19.3 Å². The van der Waals surface area contributed by atoms with Crippen LogP contribution in [0.3, 0.4) is 0 Å². The van der Waals surface area contributed by atoms with Gasteiger partial charge in [-0.1, -0.05) is 44.2 Å². The molecule has 30 heavy (non-hydrogen) atoms. The molecule has 5 nitrogen and oxygen atoms in total. The molecule has 162 valence electrons. The third-order valence-corrected chi connectivity index (χ3v) is 4.99. The molecule has 5 heteroatoms. The molecule has 0 saturated carbocycles. The highest BCUT2D eigenvalue weighted by atomic mass is 16.2. The number of hydrogen-bond donors (Lipinski definition) is 2. The summed E-state index contributed by atoms with van der Waals surface area (Å²) in [5, 5.41) is 6.38. The van der Waals surface area contributed by atoms with Crippen LogP contribution >= 0.6 is 0 Å². The van der Waals surface area contributed by atoms with Gasteiger partial charge in [0.05, 0.1) is 0 Å². The zero-order chi connectivity index (χ0) is 21.8. The van der Waals surface area contributed by atoms with E-state index in [1.54, 1.807) is 0 Å². The van der Waals surface area contributed by atoms with Crippen molar-refractivity contribution in [2.24, 2.45) is 0 Å². The van der Waals surface area contributed by atoms with Gasteiger partial charge in [0.15, 0.2) is 0 Å². The Kier molecular flexibility index (Phi) is 9.92. The molecule has 0 aromatic heterocycles. The molecule has 0 aliphatic carbocycles. The van der Waals surface area contributed by atoms with Gasteiger partial charge >= 0.3 is 0 Å². The summed E-state index contributed by atoms with van der Waals surface area (Å²) in [5.41, 5.74) is 2.99. The average molecular weight is 410 g/mol. The average Bonchev–Trinajstić information content (AvgIpc) is 2.75. The van der Waals surface area contributed by atoms with E-state index in [-0.39, 0.29) is 17.9 Å². The van der Waals surface area contributed by atoms with Gasteiger partial charge in [-0.2, -0.15) is 0 Å². The molecule has 0 heterocycles. The monoisotopic (exact) mass is 409 g/mol. The number of nitrogens with one attached hydrogen (secondary N) is 2. The summed E-state index contributed by atoms with van der Waals surface area (Å²) in [5.74, 6) is 0.0909. The van der Waals surface area contributed by atoms with Crippen molar-refractivity contribution in [3.05, 3.63) is 60.2 Å². The molecule has 0 fully saturated rings. The minimum atomic E-state index is -0.0568. The lowest BCUT2D eigenvalue weighted by Gasteiger charge is -2.21. The van der Waals surface area contributed by atoms with Gasteiger partial charge in [0.1, 0.15) is 0 Å². The van der Waals surface area contributed by atoms with E-state index >= 15 is 0 Å². The number of nitrogens with zero attached hydrogens (tertiary/aromatic N) is 1. The molecule has 2 rings (SSSR count). The zero-order valence-electron chi connectivity index (χ0n) is 18.5. The minimum Gasteiger partial charge on any atom is -0.379 e. The number of carbonyl (C=O) groups is 2. The van der Waals surface area contributed by atoms with Crippen molar-refractivity contribution in [1.82, 2.24) is 4.90 Å². The quantitative estimate of drug-likeness (QED) is 0.478. The molecule has 0 aliphatic rings. The molecule has 0 saturated heterocycles. The van der Waals surface area contributed by atoms with Crippen molar-refractivity contribution in [1.29, 1.82) is 0 Å². The van der Waals surface area contributed by atoms with Crippen molar-refractivity contribution in [3.63, 3.8) is 0 Å². The first-order valence-corrected chi connectivity index (χ1v) is 11.0. The van der Waals surface area contributed by atoms with E-state index in [0.717, 1.165) is 37.3 Å². The standard InChI is InChI=1S/C25H35N3O2/c1-4-18-28(19-5-2)25(30)13-9-12-24(29)27-23-16-14-22(15-17-23)26-20(3)21-10-7-6-8-11-21/h6-8,10-11,14-17,20,26H,4-5,9,12-13,18-19H2,1-3H3,(H,27,29). The fraction of sp³-hybridized carbons (Fsp3) is 0.440. The molecule has 0 spiro atoms. The maximum absolute atomic E-state index is 12.3. The molecular formula is C25H35N3O2. The van der Waals surface area contributed by atoms with Gasteiger partial charge in [0, 0.05) is 43.3 Å². The normalized spacial score (nSPS) is 11.6. The topological polar surface area (TPSA) is 61.4 Å². The summed E-state index contributed by atoms with van der Waals surface area (Å²) in [6, 6.07) is 18.2. The lowest BCUT2D eigenvalue weighted by molar-refractivity contribution is -0.131. The van der Waals surface area contributed by atoms with Crippen LogP contribution in [0.25, 0.3) is 0 Å². The van der Waals surface area contributed by atoms with Crippen molar-refractivity contribution < 1.29 is 9.59 Å². The highest BCUT2D eigenvalue weighted by Crippen LogP contribution is 2.20. The number of benzene rings is 2. The van der Waals surface area contributed by atoms with Crippen LogP contribution in [-0.4, -0.2) is 29.8 Å². The summed E-state index contributed by atoms with van der Waals surface area (Å²) in [7, 11) is 0. The van der Waals surface area contributed by atoms with Crippen molar-refractivity contribution in [3.8, 4) is 0 Å². The van der Waals surface area contributed by atoms with Crippen LogP contribution in [-0.2, 0) is 9.59 Å². The minimum absolute atomic E-state index is 0.0568. The van der Waals surface area contributed by atoms with Crippen LogP contribution in [0.5, 0.6) is 0 Å². The summed E-state index contributed by atoms with van der Waals surface area (Å²) in [4.78, 5) is 26.4. The van der Waals surface area contributed by atoms with Crippen molar-refractivity contribution >= 4 is 23.2 Å². The molecule has 2 amide bonds. The largest absolute Gasteiger partial charge is 0.379 e. The first-order valence-electron chi connectivity index (χ1n) is 11.0. The second kappa shape index (κ2) is 12.7. The van der Waals surface area contributed by atoms with E-state index < -0.39 is 0 Å². The smallest absolute Gasteiger partial charge is 0.224 e. The molecule has 2 N–H and O–H groups in total. The van der Waals surface area contributed by atoms with Gasteiger partial charge in [0.2, 0.25) is 11.8 Å². The van der Waals surface area contributed by atoms with Crippen LogP contribution < -0.4 is 10.6 Å². The lowest BCUT2D eigenvalue weighted by atomic mass is 10.1. The first kappa shape index (κ1) is 23.5. The summed E-state index contributed by atoms with van der Waals surface area (Å²) in [6.45, 7) is 7.86. The number of hydrogen-bond acceptors (Lipinski definition) is 3. The van der Waals surface area contributed by atoms with Crippen LogP contribution in [0.4, 0.5) is 11.4 Å². The Labute approximate surface area is 180 Å². The van der Waals surface area contributed by atoms with Crippen LogP contribution in [0, 0.1) is 0 Å². The predicted molar refractivity (Wildman–Crippen MR) is 125 cm³/mol. The Morgan fingerprint density at radius 3 is 2.07 bits per heavy atom. The molecule has 2 aromatic carbocycles. The number of amides is 2. The third-order valence-electron chi connectivity index (χ3n) is 4.99. The number of carbonyl (C=O) groups excluding carboxylic acids is 2. The highest BCUT2D eigenvalue weighted by Gasteiger charge is 2.12. The summed E-state index contributed by atoms with van der Waals surface area (Å²) >= 11 is 0. The first-order chi connectivity index (χ1) is 14.5. The van der Waals surface area contributed by atoms with E-state index in [1.165, 1.54) is 5.56 Å². The van der Waals surface area contributed by atoms with Gasteiger partial charge in [-0.25, -0.2) is 0 Å². The fourth-order valence-electron chi connectivity index (χ4n) is 3.41. The Morgan fingerprint density at radius 1 is 0.867 bits per heavy atom. The Morgan fingerprint density at radius 2 is 1.47 bits per heavy atom. The van der Waals surface area contributed by atoms with Crippen molar-refractivity contribution in [2.45, 2.75) is 58.9 Å². The third kappa shape index (κ3) is 7.90. The van der Waals surface area contributed by atoms with E-state index in [9.17, 15) is 9.59 Å². The highest BCUT2D eigenvalue weighted by molar-refractivity contribution is 5.91. The van der Waals surface area contributed by atoms with Gasteiger partial charge in [-0.05, 0) is 56.0 Å². The van der Waals surface area contributed by atoms with Crippen molar-refractivity contribution in [2.75, 3.05) is 23.7 Å². The second-order valence-electron chi connectivity index (χ2n) is 7.64. The predicted octanol–water partition coefficient (Wildman–Crippen LogP) is 5.62. The SMILES string of the molecule is CCCN(CCC)C(=O)CCCC(=O)Nc1ccc(NC(C)c2ccccc2)cc1. The Balaban J connectivity index is 1.75. The van der Waals surface area contributed by atoms with E-state index in [1.807, 2.05) is 47.4 Å². The zero-order valence-corrected chi connectivity index (χ0v) is 18.5. The molecule has 0 radical (unpaired) electrons. The molecule has 1 atom stereocenters. The molecular weight excluding hydrogens is 374 g/mol. The van der Waals surface area contributed by atoms with Gasteiger partial charge in [0.25, 0.3) is 0 Å². The van der Waals surface area contributed by atoms with Crippen LogP contribution in [0.15, 0.2) is 54.6 Å². The fourth-order valence-corrected chi connectivity index (χ4v) is 3.41. The lowest BCUT2D eigenvalue weighted by Crippen LogP contribution is -2.32. The Bertz CT molecular complexity index is 769. The van der Waals surface area contributed by atoms with Gasteiger partial charge < -0.3 is 15.5 Å². The number of anilines is 2. The maximum Gasteiger partial charge on any atom is 0.224 e. The summed E-state index contributed by atoms with van der Waals surface area (Å²) < 4.78 is 0. The Hall–Kier alpha value is -2.82. The maximum atomic E-state index is 12.3. The molecule has 2 aromatic rings. The second-order valence-corrected chi connectivity index (χ2v) is 7.64. The number of rotatable bonds is 12. The van der Waals surface area contributed by atoms with E-state index in [4.69, 9.17) is 0 Å². The molecule has 0 aliphatic heterocycles. The summed E-state index contributed by atoms with van der Waals surface area (Å²) in [6.07, 6.45) is 3.27. The van der Waals surface area contributed by atoms with E-state index in [2.05, 4.69) is 43.5 Å². The van der Waals surface area contributed by atoms with Crippen LogP contribution in [0.2, 0.25) is 0 Å². The molecule has 1 unspecified atom stereocenters. The molecule has 0 bridgehead atoms. The van der Waals surface area contributed by atoms with Crippen LogP contribution in [0.1, 0.15) is 64.5 Å². The van der Waals surface area contributed by atoms with Gasteiger partial charge in [-0.3, -0.25) is 9.59 Å². The van der Waals surface area contributed by atoms with Gasteiger partial charge in [-0.15, -0.1) is 0 Å².